The normalized spacial score (nSPS) is 16.4. The van der Waals surface area contributed by atoms with Crippen molar-refractivity contribution in [3.8, 4) is 22.8 Å². The van der Waals surface area contributed by atoms with Crippen LogP contribution in [0.5, 0.6) is 11.5 Å². The van der Waals surface area contributed by atoms with Crippen LogP contribution in [0, 0.1) is 6.92 Å². The molecule has 0 atom stereocenters. The van der Waals surface area contributed by atoms with Crippen molar-refractivity contribution >= 4 is 17.5 Å². The first-order chi connectivity index (χ1) is 15.8. The van der Waals surface area contributed by atoms with Crippen molar-refractivity contribution in [1.82, 2.24) is 14.7 Å². The van der Waals surface area contributed by atoms with Gasteiger partial charge in [-0.15, -0.1) is 0 Å². The Morgan fingerprint density at radius 2 is 1.94 bits per heavy atom. The maximum Gasteiger partial charge on any atom is 0.253 e. The van der Waals surface area contributed by atoms with E-state index in [0.717, 1.165) is 33.9 Å². The van der Waals surface area contributed by atoms with Crippen LogP contribution < -0.4 is 9.47 Å². The van der Waals surface area contributed by atoms with E-state index >= 15 is 0 Å². The molecule has 3 heterocycles. The Kier molecular flexibility index (Phi) is 5.36. The van der Waals surface area contributed by atoms with E-state index in [1.807, 2.05) is 80.0 Å². The van der Waals surface area contributed by atoms with Gasteiger partial charge in [-0.3, -0.25) is 9.48 Å². The first-order valence-corrected chi connectivity index (χ1v) is 11.7. The fourth-order valence-electron chi connectivity index (χ4n) is 4.93. The quantitative estimate of drug-likeness (QED) is 0.522. The monoisotopic (exact) mass is 465 g/mol. The van der Waals surface area contributed by atoms with Gasteiger partial charge in [0.05, 0.1) is 18.0 Å². The summed E-state index contributed by atoms with van der Waals surface area (Å²) in [6, 6.07) is 11.4. The van der Waals surface area contributed by atoms with Crippen LogP contribution in [-0.4, -0.2) is 39.8 Å². The predicted octanol–water partition coefficient (Wildman–Crippen LogP) is 5.36. The molecular formula is C26H28ClN3O3. The number of benzene rings is 2. The summed E-state index contributed by atoms with van der Waals surface area (Å²) >= 11 is 6.26. The number of hydrogen-bond acceptors (Lipinski definition) is 4. The van der Waals surface area contributed by atoms with Gasteiger partial charge < -0.3 is 14.4 Å². The highest BCUT2D eigenvalue weighted by Crippen LogP contribution is 2.50. The van der Waals surface area contributed by atoms with Gasteiger partial charge in [0, 0.05) is 54.7 Å². The highest BCUT2D eigenvalue weighted by molar-refractivity contribution is 6.30. The molecule has 0 aliphatic carbocycles. The van der Waals surface area contributed by atoms with E-state index in [-0.39, 0.29) is 12.0 Å². The lowest BCUT2D eigenvalue weighted by Gasteiger charge is -2.44. The maximum atomic E-state index is 13.3. The third kappa shape index (κ3) is 3.76. The van der Waals surface area contributed by atoms with Crippen LogP contribution in [0.3, 0.4) is 0 Å². The number of carbonyl (C=O) groups is 1. The van der Waals surface area contributed by atoms with Gasteiger partial charge in [0.25, 0.3) is 5.91 Å². The smallest absolute Gasteiger partial charge is 0.253 e. The SMILES string of the molecule is Cc1cc(C(=O)N2CCC3(CC2)Oc2cc(Cl)ccc2-c2c3cnn2C)ccc1OC(C)C. The van der Waals surface area contributed by atoms with E-state index in [9.17, 15) is 4.79 Å². The summed E-state index contributed by atoms with van der Waals surface area (Å²) < 4.78 is 14.3. The largest absolute Gasteiger partial charge is 0.491 e. The lowest BCUT2D eigenvalue weighted by molar-refractivity contribution is -0.00171. The first-order valence-electron chi connectivity index (χ1n) is 11.4. The number of aryl methyl sites for hydroxylation is 2. The third-order valence-electron chi connectivity index (χ3n) is 6.58. The van der Waals surface area contributed by atoms with Gasteiger partial charge in [-0.1, -0.05) is 11.6 Å². The summed E-state index contributed by atoms with van der Waals surface area (Å²) in [7, 11) is 1.95. The number of rotatable bonds is 3. The van der Waals surface area contributed by atoms with E-state index in [0.29, 0.717) is 36.5 Å². The Labute approximate surface area is 199 Å². The third-order valence-corrected chi connectivity index (χ3v) is 6.81. The van der Waals surface area contributed by atoms with E-state index in [1.165, 1.54) is 0 Å². The molecule has 7 heteroatoms. The summed E-state index contributed by atoms with van der Waals surface area (Å²) in [5.74, 6) is 1.63. The lowest BCUT2D eigenvalue weighted by atomic mass is 9.81. The van der Waals surface area contributed by atoms with Crippen LogP contribution in [0.2, 0.25) is 5.02 Å². The number of fused-ring (bicyclic) bond motifs is 4. The average molecular weight is 466 g/mol. The van der Waals surface area contributed by atoms with Crippen molar-refractivity contribution in [2.75, 3.05) is 13.1 Å². The molecule has 0 saturated carbocycles. The molecule has 1 saturated heterocycles. The van der Waals surface area contributed by atoms with Gasteiger partial charge in [0.15, 0.2) is 0 Å². The minimum Gasteiger partial charge on any atom is -0.491 e. The Morgan fingerprint density at radius 3 is 2.64 bits per heavy atom. The standard InChI is InChI=1S/C26H28ClN3O3/c1-16(2)32-22-8-5-18(13-17(22)3)25(31)30-11-9-26(10-12-30)21-15-28-29(4)24(21)20-7-6-19(27)14-23(20)33-26/h5-8,13-16H,9-12H2,1-4H3. The molecule has 172 valence electrons. The molecule has 2 aliphatic rings. The topological polar surface area (TPSA) is 56.6 Å². The molecule has 6 nitrogen and oxygen atoms in total. The van der Waals surface area contributed by atoms with Gasteiger partial charge in [0.1, 0.15) is 17.1 Å². The summed E-state index contributed by atoms with van der Waals surface area (Å²) in [5, 5.41) is 5.16. The van der Waals surface area contributed by atoms with Crippen LogP contribution in [0.1, 0.15) is 48.2 Å². The maximum absolute atomic E-state index is 13.3. The van der Waals surface area contributed by atoms with Crippen molar-refractivity contribution in [3.05, 3.63) is 64.3 Å². The molecule has 1 fully saturated rings. The number of likely N-dealkylation sites (tertiary alicyclic amines) is 1. The molecule has 5 rings (SSSR count). The van der Waals surface area contributed by atoms with Crippen LogP contribution in [-0.2, 0) is 12.6 Å². The molecule has 1 spiro atoms. The average Bonchev–Trinajstić information content (AvgIpc) is 3.17. The van der Waals surface area contributed by atoms with Gasteiger partial charge >= 0.3 is 0 Å². The number of ether oxygens (including phenoxy) is 2. The minimum atomic E-state index is -0.511. The van der Waals surface area contributed by atoms with Crippen molar-refractivity contribution < 1.29 is 14.3 Å². The molecular weight excluding hydrogens is 438 g/mol. The number of aromatic nitrogens is 2. The van der Waals surface area contributed by atoms with E-state index in [2.05, 4.69) is 5.10 Å². The molecule has 1 aromatic heterocycles. The molecule has 2 aromatic carbocycles. The summed E-state index contributed by atoms with van der Waals surface area (Å²) in [5.41, 5.74) is 4.28. The Bertz CT molecular complexity index is 1230. The minimum absolute atomic E-state index is 0.0368. The molecule has 2 aliphatic heterocycles. The van der Waals surface area contributed by atoms with E-state index in [4.69, 9.17) is 21.1 Å². The number of nitrogens with zero attached hydrogens (tertiary/aromatic N) is 3. The number of amides is 1. The van der Waals surface area contributed by atoms with Gasteiger partial charge in [-0.2, -0.15) is 5.10 Å². The fraction of sp³-hybridized carbons (Fsp3) is 0.385. The molecule has 1 amide bonds. The number of halogens is 1. The van der Waals surface area contributed by atoms with Crippen molar-refractivity contribution in [2.45, 2.75) is 45.3 Å². The first kappa shape index (κ1) is 21.8. The summed E-state index contributed by atoms with van der Waals surface area (Å²) in [6.07, 6.45) is 3.38. The van der Waals surface area contributed by atoms with Crippen molar-refractivity contribution in [3.63, 3.8) is 0 Å². The second-order valence-electron chi connectivity index (χ2n) is 9.21. The number of piperidine rings is 1. The second kappa shape index (κ2) is 8.10. The zero-order valence-electron chi connectivity index (χ0n) is 19.4. The van der Waals surface area contributed by atoms with Gasteiger partial charge in [-0.05, 0) is 62.7 Å². The van der Waals surface area contributed by atoms with Crippen LogP contribution >= 0.6 is 11.6 Å². The molecule has 0 N–H and O–H groups in total. The second-order valence-corrected chi connectivity index (χ2v) is 9.64. The number of carbonyl (C=O) groups excluding carboxylic acids is 1. The predicted molar refractivity (Wildman–Crippen MR) is 128 cm³/mol. The molecule has 0 radical (unpaired) electrons. The van der Waals surface area contributed by atoms with Gasteiger partial charge in [-0.25, -0.2) is 0 Å². The van der Waals surface area contributed by atoms with E-state index in [1.54, 1.807) is 0 Å². The fourth-order valence-corrected chi connectivity index (χ4v) is 5.09. The Balaban J connectivity index is 1.38. The highest BCUT2D eigenvalue weighted by Gasteiger charge is 2.46. The molecule has 0 unspecified atom stereocenters. The zero-order valence-corrected chi connectivity index (χ0v) is 20.1. The highest BCUT2D eigenvalue weighted by atomic mass is 35.5. The van der Waals surface area contributed by atoms with E-state index < -0.39 is 5.60 Å². The Hall–Kier alpha value is -2.99. The summed E-state index contributed by atoms with van der Waals surface area (Å²) in [6.45, 7) is 7.17. The zero-order chi connectivity index (χ0) is 23.3. The summed E-state index contributed by atoms with van der Waals surface area (Å²) in [4.78, 5) is 15.2. The lowest BCUT2D eigenvalue weighted by Crippen LogP contribution is -2.49. The van der Waals surface area contributed by atoms with Crippen LogP contribution in [0.15, 0.2) is 42.6 Å². The van der Waals surface area contributed by atoms with Crippen LogP contribution in [0.4, 0.5) is 0 Å². The van der Waals surface area contributed by atoms with Gasteiger partial charge in [0.2, 0.25) is 0 Å². The molecule has 33 heavy (non-hydrogen) atoms. The van der Waals surface area contributed by atoms with Crippen molar-refractivity contribution in [1.29, 1.82) is 0 Å². The number of hydrogen-bond donors (Lipinski definition) is 0. The van der Waals surface area contributed by atoms with Crippen molar-refractivity contribution in [2.24, 2.45) is 7.05 Å². The van der Waals surface area contributed by atoms with Crippen LogP contribution in [0.25, 0.3) is 11.3 Å². The molecule has 3 aromatic rings. The Morgan fingerprint density at radius 1 is 1.18 bits per heavy atom. The molecule has 0 bridgehead atoms.